The molecule has 1 amide bonds. The van der Waals surface area contributed by atoms with E-state index in [9.17, 15) is 19.8 Å². The number of carboxylic acids is 1. The average Bonchev–Trinajstić information content (AvgIpc) is 2.71. The van der Waals surface area contributed by atoms with Gasteiger partial charge in [0.15, 0.2) is 0 Å². The summed E-state index contributed by atoms with van der Waals surface area (Å²) in [5.41, 5.74) is 0.681. The fourth-order valence-electron chi connectivity index (χ4n) is 5.02. The molecule has 1 aliphatic heterocycles. The van der Waals surface area contributed by atoms with Crippen LogP contribution in [0.4, 0.5) is 0 Å². The highest BCUT2D eigenvalue weighted by Crippen LogP contribution is 2.52. The monoisotopic (exact) mass is 477 g/mol. The van der Waals surface area contributed by atoms with Crippen LogP contribution in [-0.4, -0.2) is 39.1 Å². The minimum absolute atomic E-state index is 0.218. The number of likely N-dealkylation sites (tertiary alicyclic amines) is 1. The summed E-state index contributed by atoms with van der Waals surface area (Å²) in [4.78, 5) is 27.3. The highest BCUT2D eigenvalue weighted by atomic mass is 35.5. The molecule has 3 rings (SSSR count). The third-order valence-electron chi connectivity index (χ3n) is 6.46. The summed E-state index contributed by atoms with van der Waals surface area (Å²) in [5, 5.41) is 21.3. The van der Waals surface area contributed by atoms with E-state index in [1.54, 1.807) is 36.9 Å². The van der Waals surface area contributed by atoms with Crippen molar-refractivity contribution in [2.45, 2.75) is 64.1 Å². The van der Waals surface area contributed by atoms with Crippen LogP contribution >= 0.6 is 23.2 Å². The second-order valence-corrected chi connectivity index (χ2v) is 9.79. The molecule has 3 unspecified atom stereocenters. The van der Waals surface area contributed by atoms with Gasteiger partial charge in [0.2, 0.25) is 5.91 Å². The summed E-state index contributed by atoms with van der Waals surface area (Å²) in [7, 11) is 0. The van der Waals surface area contributed by atoms with E-state index >= 15 is 0 Å². The summed E-state index contributed by atoms with van der Waals surface area (Å²) in [6, 6.07) is 13.9. The first-order valence-electron chi connectivity index (χ1n) is 10.8. The Morgan fingerprint density at radius 2 is 1.81 bits per heavy atom. The summed E-state index contributed by atoms with van der Waals surface area (Å²) < 4.78 is 0. The van der Waals surface area contributed by atoms with Crippen LogP contribution in [-0.2, 0) is 9.59 Å². The van der Waals surface area contributed by atoms with E-state index in [1.165, 1.54) is 0 Å². The number of carbonyl (C=O) groups excluding carboxylic acids is 1. The van der Waals surface area contributed by atoms with Gasteiger partial charge in [0.05, 0.1) is 30.0 Å². The van der Waals surface area contributed by atoms with Gasteiger partial charge in [-0.25, -0.2) is 0 Å². The van der Waals surface area contributed by atoms with Gasteiger partial charge in [0, 0.05) is 16.0 Å². The van der Waals surface area contributed by atoms with Crippen molar-refractivity contribution in [3.05, 3.63) is 69.7 Å². The molecule has 0 aliphatic carbocycles. The lowest BCUT2D eigenvalue weighted by Gasteiger charge is -2.52. The van der Waals surface area contributed by atoms with E-state index in [0.29, 0.717) is 22.9 Å². The van der Waals surface area contributed by atoms with Gasteiger partial charge in [0.1, 0.15) is 0 Å². The Labute approximate surface area is 199 Å². The molecular weight excluding hydrogens is 449 g/mol. The fraction of sp³-hybridized carbons (Fsp3) is 0.440. The van der Waals surface area contributed by atoms with Crippen molar-refractivity contribution in [2.24, 2.45) is 5.41 Å². The van der Waals surface area contributed by atoms with E-state index in [4.69, 9.17) is 23.2 Å². The largest absolute Gasteiger partial charge is 0.481 e. The third kappa shape index (κ3) is 4.95. The summed E-state index contributed by atoms with van der Waals surface area (Å²) in [6.45, 7) is 5.29. The van der Waals surface area contributed by atoms with Crippen LogP contribution < -0.4 is 0 Å². The number of hydrogen-bond donors (Lipinski definition) is 2. The van der Waals surface area contributed by atoms with Gasteiger partial charge in [0.25, 0.3) is 0 Å². The molecule has 1 aliphatic rings. The first-order valence-corrected chi connectivity index (χ1v) is 11.6. The quantitative estimate of drug-likeness (QED) is 0.536. The number of carboxylic acid groups (broad SMARTS) is 1. The van der Waals surface area contributed by atoms with Crippen LogP contribution in [0.2, 0.25) is 10.0 Å². The van der Waals surface area contributed by atoms with Crippen molar-refractivity contribution in [3.8, 4) is 0 Å². The lowest BCUT2D eigenvalue weighted by Crippen LogP contribution is -2.58. The Kier molecular flexibility index (Phi) is 7.53. The van der Waals surface area contributed by atoms with E-state index in [0.717, 1.165) is 11.1 Å². The first kappa shape index (κ1) is 24.6. The Hall–Kier alpha value is -2.08. The standard InChI is InChI=1S/C25H29Cl2NO4/c1-4-21(15(2)29)28-23(16-8-10-18(26)11-9-16)20(17-6-5-7-19(27)12-17)13-25(3,24(28)32)14-22(30)31/h5-12,15,20-21,23,29H,4,13-14H2,1-3H3,(H,30,31)/t15?,20?,21-,23?,25-/m1/s1. The molecule has 0 saturated carbocycles. The van der Waals surface area contributed by atoms with E-state index in [1.807, 2.05) is 37.3 Å². The summed E-state index contributed by atoms with van der Waals surface area (Å²) in [6.07, 6.45) is -0.202. The summed E-state index contributed by atoms with van der Waals surface area (Å²) in [5.74, 6) is -1.50. The maximum atomic E-state index is 13.9. The number of nitrogens with zero attached hydrogens (tertiary/aromatic N) is 1. The molecule has 2 N–H and O–H groups in total. The zero-order valence-electron chi connectivity index (χ0n) is 18.5. The number of rotatable bonds is 7. The minimum atomic E-state index is -1.12. The molecule has 5 nitrogen and oxygen atoms in total. The van der Waals surface area contributed by atoms with Crippen LogP contribution in [0, 0.1) is 5.41 Å². The maximum Gasteiger partial charge on any atom is 0.304 e. The first-order chi connectivity index (χ1) is 15.1. The molecule has 1 saturated heterocycles. The minimum Gasteiger partial charge on any atom is -0.481 e. The Balaban J connectivity index is 2.25. The van der Waals surface area contributed by atoms with Gasteiger partial charge < -0.3 is 15.1 Å². The highest BCUT2D eigenvalue weighted by Gasteiger charge is 2.52. The van der Waals surface area contributed by atoms with Crippen molar-refractivity contribution in [1.29, 1.82) is 0 Å². The smallest absolute Gasteiger partial charge is 0.304 e. The van der Waals surface area contributed by atoms with Crippen molar-refractivity contribution < 1.29 is 19.8 Å². The van der Waals surface area contributed by atoms with Crippen molar-refractivity contribution in [1.82, 2.24) is 4.90 Å². The van der Waals surface area contributed by atoms with E-state index in [2.05, 4.69) is 0 Å². The van der Waals surface area contributed by atoms with Gasteiger partial charge in [-0.2, -0.15) is 0 Å². The molecule has 2 aromatic rings. The number of amides is 1. The fourth-order valence-corrected chi connectivity index (χ4v) is 5.34. The van der Waals surface area contributed by atoms with E-state index in [-0.39, 0.29) is 18.2 Å². The third-order valence-corrected chi connectivity index (χ3v) is 6.95. The molecule has 5 atom stereocenters. The van der Waals surface area contributed by atoms with E-state index < -0.39 is 29.6 Å². The number of benzene rings is 2. The lowest BCUT2D eigenvalue weighted by atomic mass is 9.67. The molecule has 1 heterocycles. The molecular formula is C25H29Cl2NO4. The second kappa shape index (κ2) is 9.82. The zero-order chi connectivity index (χ0) is 23.6. The molecule has 1 fully saturated rings. The predicted octanol–water partition coefficient (Wildman–Crippen LogP) is 5.69. The zero-order valence-corrected chi connectivity index (χ0v) is 20.0. The Bertz CT molecular complexity index is 978. The molecule has 0 bridgehead atoms. The number of piperidine rings is 1. The van der Waals surface area contributed by atoms with Crippen molar-refractivity contribution in [2.75, 3.05) is 0 Å². The van der Waals surface area contributed by atoms with Crippen molar-refractivity contribution in [3.63, 3.8) is 0 Å². The molecule has 172 valence electrons. The number of aliphatic hydroxyl groups excluding tert-OH is 1. The molecule has 0 spiro atoms. The van der Waals surface area contributed by atoms with Crippen LogP contribution in [0.25, 0.3) is 0 Å². The van der Waals surface area contributed by atoms with Crippen LogP contribution in [0.15, 0.2) is 48.5 Å². The summed E-state index contributed by atoms with van der Waals surface area (Å²) >= 11 is 12.4. The number of halogens is 2. The topological polar surface area (TPSA) is 77.8 Å². The molecule has 0 radical (unpaired) electrons. The normalized spacial score (nSPS) is 25.4. The second-order valence-electron chi connectivity index (χ2n) is 8.92. The van der Waals surface area contributed by atoms with Gasteiger partial charge in [-0.3, -0.25) is 9.59 Å². The SMILES string of the molecule is CC[C@H](C(C)O)N1C(=O)[C@@](C)(CC(=O)O)CC(c2cccc(Cl)c2)C1c1ccc(Cl)cc1. The molecule has 32 heavy (non-hydrogen) atoms. The van der Waals surface area contributed by atoms with Gasteiger partial charge in [-0.1, -0.05) is 61.3 Å². The Morgan fingerprint density at radius 1 is 1.16 bits per heavy atom. The number of carbonyl (C=O) groups is 2. The van der Waals surface area contributed by atoms with Gasteiger partial charge >= 0.3 is 5.97 Å². The predicted molar refractivity (Wildman–Crippen MR) is 126 cm³/mol. The number of aliphatic carboxylic acids is 1. The Morgan fingerprint density at radius 3 is 2.34 bits per heavy atom. The lowest BCUT2D eigenvalue weighted by molar-refractivity contribution is -0.163. The molecule has 7 heteroatoms. The van der Waals surface area contributed by atoms with Crippen LogP contribution in [0.3, 0.4) is 0 Å². The maximum absolute atomic E-state index is 13.9. The number of aliphatic hydroxyl groups is 1. The van der Waals surface area contributed by atoms with Crippen LogP contribution in [0.1, 0.15) is 63.1 Å². The van der Waals surface area contributed by atoms with Crippen molar-refractivity contribution >= 4 is 35.1 Å². The number of hydrogen-bond acceptors (Lipinski definition) is 3. The molecule has 0 aromatic heterocycles. The van der Waals surface area contributed by atoms with Gasteiger partial charge in [-0.15, -0.1) is 0 Å². The highest BCUT2D eigenvalue weighted by molar-refractivity contribution is 6.30. The van der Waals surface area contributed by atoms with Crippen LogP contribution in [0.5, 0.6) is 0 Å². The molecule has 2 aromatic carbocycles. The van der Waals surface area contributed by atoms with Gasteiger partial charge in [-0.05, 0) is 55.2 Å². The average molecular weight is 478 g/mol.